The van der Waals surface area contributed by atoms with Crippen LogP contribution >= 0.6 is 0 Å². The highest BCUT2D eigenvalue weighted by Crippen LogP contribution is 2.09. The number of hydrogen-bond acceptors (Lipinski definition) is 6. The van der Waals surface area contributed by atoms with E-state index in [1.165, 1.54) is 12.5 Å². The van der Waals surface area contributed by atoms with Crippen LogP contribution in [0.5, 0.6) is 0 Å². The van der Waals surface area contributed by atoms with E-state index in [2.05, 4.69) is 20.6 Å². The van der Waals surface area contributed by atoms with Crippen LogP contribution in [-0.4, -0.2) is 42.3 Å². The summed E-state index contributed by atoms with van der Waals surface area (Å²) in [6.07, 6.45) is 5.42. The molecule has 1 fully saturated rings. The maximum Gasteiger partial charge on any atom is 0.147 e. The van der Waals surface area contributed by atoms with Crippen LogP contribution in [-0.2, 0) is 4.74 Å². The van der Waals surface area contributed by atoms with Gasteiger partial charge in [0, 0.05) is 6.54 Å². The molecule has 0 aliphatic carbocycles. The highest BCUT2D eigenvalue weighted by atomic mass is 16.5. The largest absolute Gasteiger partial charge is 0.376 e. The number of ether oxygens (including phenoxy) is 1. The Kier molecular flexibility index (Phi) is 4.88. The number of rotatable bonds is 5. The molecule has 2 N–H and O–H groups in total. The van der Waals surface area contributed by atoms with Gasteiger partial charge in [-0.15, -0.1) is 0 Å². The SMILES string of the molecule is N#Cc1cncnc1NCCOC1CCNCC1. The summed E-state index contributed by atoms with van der Waals surface area (Å²) in [4.78, 5) is 7.83. The van der Waals surface area contributed by atoms with E-state index >= 15 is 0 Å². The molecule has 96 valence electrons. The summed E-state index contributed by atoms with van der Waals surface area (Å²) >= 11 is 0. The van der Waals surface area contributed by atoms with Crippen molar-refractivity contribution in [3.63, 3.8) is 0 Å². The van der Waals surface area contributed by atoms with Crippen molar-refractivity contribution in [2.24, 2.45) is 0 Å². The molecule has 2 heterocycles. The molecular formula is C12H17N5O. The van der Waals surface area contributed by atoms with Crippen molar-refractivity contribution < 1.29 is 4.74 Å². The number of nitriles is 1. The van der Waals surface area contributed by atoms with Crippen LogP contribution in [0.15, 0.2) is 12.5 Å². The molecule has 1 aliphatic rings. The van der Waals surface area contributed by atoms with Crippen LogP contribution in [0.1, 0.15) is 18.4 Å². The monoisotopic (exact) mass is 247 g/mol. The van der Waals surface area contributed by atoms with Crippen LogP contribution in [0, 0.1) is 11.3 Å². The second-order valence-electron chi connectivity index (χ2n) is 4.14. The summed E-state index contributed by atoms with van der Waals surface area (Å²) in [7, 11) is 0. The molecule has 1 saturated heterocycles. The summed E-state index contributed by atoms with van der Waals surface area (Å²) in [6, 6.07) is 2.05. The summed E-state index contributed by atoms with van der Waals surface area (Å²) < 4.78 is 5.75. The maximum absolute atomic E-state index is 8.87. The fraction of sp³-hybridized carbons (Fsp3) is 0.583. The predicted octanol–water partition coefficient (Wildman–Crippen LogP) is 0.529. The van der Waals surface area contributed by atoms with Gasteiger partial charge in [-0.05, 0) is 25.9 Å². The molecule has 2 rings (SSSR count). The number of piperidine rings is 1. The van der Waals surface area contributed by atoms with Crippen LogP contribution in [0.2, 0.25) is 0 Å². The minimum absolute atomic E-state index is 0.355. The molecule has 18 heavy (non-hydrogen) atoms. The Hall–Kier alpha value is -1.71. The average Bonchev–Trinajstić information content (AvgIpc) is 2.45. The molecular weight excluding hydrogens is 230 g/mol. The molecule has 0 radical (unpaired) electrons. The molecule has 1 aromatic rings. The molecule has 6 nitrogen and oxygen atoms in total. The first-order chi connectivity index (χ1) is 8.90. The number of nitrogens with one attached hydrogen (secondary N) is 2. The Balaban J connectivity index is 1.70. The summed E-state index contributed by atoms with van der Waals surface area (Å²) in [5, 5.41) is 15.3. The lowest BCUT2D eigenvalue weighted by Crippen LogP contribution is -2.33. The molecule has 0 atom stereocenters. The number of aromatic nitrogens is 2. The molecule has 1 aromatic heterocycles. The van der Waals surface area contributed by atoms with E-state index in [0.717, 1.165) is 25.9 Å². The maximum atomic E-state index is 8.87. The standard InChI is InChI=1S/C12H17N5O/c13-7-10-8-15-9-17-12(10)16-5-6-18-11-1-3-14-4-2-11/h8-9,11,14H,1-6H2,(H,15,16,17). The van der Waals surface area contributed by atoms with Crippen molar-refractivity contribution >= 4 is 5.82 Å². The Morgan fingerprint density at radius 3 is 3.11 bits per heavy atom. The fourth-order valence-corrected chi connectivity index (χ4v) is 1.91. The number of hydrogen-bond donors (Lipinski definition) is 2. The van der Waals surface area contributed by atoms with Crippen molar-refractivity contribution in [3.8, 4) is 6.07 Å². The lowest BCUT2D eigenvalue weighted by atomic mass is 10.1. The van der Waals surface area contributed by atoms with Gasteiger partial charge in [0.2, 0.25) is 0 Å². The summed E-state index contributed by atoms with van der Waals surface area (Å²) in [5.74, 6) is 0.571. The van der Waals surface area contributed by atoms with Crippen LogP contribution in [0.3, 0.4) is 0 Å². The number of nitrogens with zero attached hydrogens (tertiary/aromatic N) is 3. The van der Waals surface area contributed by atoms with Gasteiger partial charge in [-0.1, -0.05) is 0 Å². The molecule has 0 amide bonds. The molecule has 0 bridgehead atoms. The van der Waals surface area contributed by atoms with Gasteiger partial charge in [-0.2, -0.15) is 5.26 Å². The molecule has 0 unspecified atom stereocenters. The van der Waals surface area contributed by atoms with Crippen molar-refractivity contribution in [1.29, 1.82) is 5.26 Å². The van der Waals surface area contributed by atoms with Crippen LogP contribution in [0.4, 0.5) is 5.82 Å². The number of anilines is 1. The summed E-state index contributed by atoms with van der Waals surface area (Å²) in [5.41, 5.74) is 0.458. The Labute approximate surface area is 106 Å². The lowest BCUT2D eigenvalue weighted by Gasteiger charge is -2.23. The lowest BCUT2D eigenvalue weighted by molar-refractivity contribution is 0.0394. The quantitative estimate of drug-likeness (QED) is 0.738. The van der Waals surface area contributed by atoms with E-state index in [0.29, 0.717) is 30.6 Å². The fourth-order valence-electron chi connectivity index (χ4n) is 1.91. The van der Waals surface area contributed by atoms with Gasteiger partial charge in [0.15, 0.2) is 0 Å². The van der Waals surface area contributed by atoms with E-state index in [4.69, 9.17) is 10.00 Å². The first-order valence-corrected chi connectivity index (χ1v) is 6.16. The van der Waals surface area contributed by atoms with Gasteiger partial charge in [0.1, 0.15) is 23.8 Å². The third-order valence-corrected chi connectivity index (χ3v) is 2.87. The highest BCUT2D eigenvalue weighted by Gasteiger charge is 2.12. The van der Waals surface area contributed by atoms with E-state index in [1.807, 2.05) is 6.07 Å². The van der Waals surface area contributed by atoms with Crippen LogP contribution < -0.4 is 10.6 Å². The van der Waals surface area contributed by atoms with E-state index < -0.39 is 0 Å². The van der Waals surface area contributed by atoms with Gasteiger partial charge >= 0.3 is 0 Å². The molecule has 0 saturated carbocycles. The third kappa shape index (κ3) is 3.65. The van der Waals surface area contributed by atoms with E-state index in [1.54, 1.807) is 0 Å². The minimum atomic E-state index is 0.355. The van der Waals surface area contributed by atoms with Gasteiger partial charge in [0.05, 0.1) is 18.9 Å². The molecule has 1 aliphatic heterocycles. The van der Waals surface area contributed by atoms with Gasteiger partial charge < -0.3 is 15.4 Å². The normalized spacial score (nSPS) is 16.2. The second kappa shape index (κ2) is 6.89. The van der Waals surface area contributed by atoms with Crippen molar-refractivity contribution in [2.75, 3.05) is 31.6 Å². The zero-order valence-electron chi connectivity index (χ0n) is 10.2. The topological polar surface area (TPSA) is 82.9 Å². The zero-order valence-corrected chi connectivity index (χ0v) is 10.2. The van der Waals surface area contributed by atoms with E-state index in [9.17, 15) is 0 Å². The molecule has 6 heteroatoms. The molecule has 0 spiro atoms. The van der Waals surface area contributed by atoms with Crippen molar-refractivity contribution in [3.05, 3.63) is 18.1 Å². The van der Waals surface area contributed by atoms with Crippen molar-refractivity contribution in [2.45, 2.75) is 18.9 Å². The third-order valence-electron chi connectivity index (χ3n) is 2.87. The summed E-state index contributed by atoms with van der Waals surface area (Å²) in [6.45, 7) is 3.33. The Morgan fingerprint density at radius 2 is 2.33 bits per heavy atom. The Morgan fingerprint density at radius 1 is 1.50 bits per heavy atom. The minimum Gasteiger partial charge on any atom is -0.376 e. The highest BCUT2D eigenvalue weighted by molar-refractivity contribution is 5.49. The van der Waals surface area contributed by atoms with Gasteiger partial charge in [-0.25, -0.2) is 9.97 Å². The Bertz CT molecular complexity index is 411. The van der Waals surface area contributed by atoms with Crippen LogP contribution in [0.25, 0.3) is 0 Å². The first kappa shape index (κ1) is 12.7. The predicted molar refractivity (Wildman–Crippen MR) is 67.1 cm³/mol. The zero-order chi connectivity index (χ0) is 12.6. The molecule has 0 aromatic carbocycles. The van der Waals surface area contributed by atoms with E-state index in [-0.39, 0.29) is 0 Å². The van der Waals surface area contributed by atoms with Gasteiger partial charge in [-0.3, -0.25) is 0 Å². The first-order valence-electron chi connectivity index (χ1n) is 6.16. The smallest absolute Gasteiger partial charge is 0.147 e. The van der Waals surface area contributed by atoms with Crippen molar-refractivity contribution in [1.82, 2.24) is 15.3 Å². The van der Waals surface area contributed by atoms with Gasteiger partial charge in [0.25, 0.3) is 0 Å². The average molecular weight is 247 g/mol. The second-order valence-corrected chi connectivity index (χ2v) is 4.14.